The van der Waals surface area contributed by atoms with Gasteiger partial charge in [-0.25, -0.2) is 9.99 Å². The number of aromatic nitrogens is 2. The summed E-state index contributed by atoms with van der Waals surface area (Å²) in [6.07, 6.45) is 4.57. The summed E-state index contributed by atoms with van der Waals surface area (Å²) >= 11 is 0. The number of hydrogen-bond donors (Lipinski definition) is 2. The van der Waals surface area contributed by atoms with Gasteiger partial charge in [0.05, 0.1) is 29.1 Å². The van der Waals surface area contributed by atoms with Crippen LogP contribution in [0, 0.1) is 10.1 Å². The molecular weight excluding hydrogens is 448 g/mol. The summed E-state index contributed by atoms with van der Waals surface area (Å²) in [5.41, 5.74) is 2.66. The van der Waals surface area contributed by atoms with Crippen molar-refractivity contribution in [2.45, 2.75) is 13.3 Å². The van der Waals surface area contributed by atoms with Crippen molar-refractivity contribution in [2.75, 3.05) is 48.8 Å². The summed E-state index contributed by atoms with van der Waals surface area (Å²) < 4.78 is 5.53. The maximum absolute atomic E-state index is 11.8. The van der Waals surface area contributed by atoms with Crippen molar-refractivity contribution in [1.29, 1.82) is 0 Å². The van der Waals surface area contributed by atoms with Crippen molar-refractivity contribution >= 4 is 40.2 Å². The molecule has 0 spiro atoms. The van der Waals surface area contributed by atoms with E-state index in [1.54, 1.807) is 43.4 Å². The Labute approximate surface area is 203 Å². The number of para-hydroxylation sites is 2. The number of benzene rings is 2. The molecule has 1 aromatic heterocycles. The number of ether oxygens (including phenoxy) is 1. The maximum Gasteiger partial charge on any atom is 0.296 e. The Morgan fingerprint density at radius 2 is 2.00 bits per heavy atom. The van der Waals surface area contributed by atoms with E-state index in [9.17, 15) is 10.1 Å². The molecule has 0 saturated heterocycles. The van der Waals surface area contributed by atoms with E-state index in [0.717, 1.165) is 23.6 Å². The molecule has 0 fully saturated rings. The Balaban J connectivity index is 1.73. The molecule has 11 nitrogen and oxygen atoms in total. The highest BCUT2D eigenvalue weighted by Gasteiger charge is 2.27. The van der Waals surface area contributed by atoms with E-state index in [2.05, 4.69) is 28.6 Å². The van der Waals surface area contributed by atoms with E-state index in [0.29, 0.717) is 22.9 Å². The van der Waals surface area contributed by atoms with Crippen LogP contribution in [0.15, 0.2) is 60.6 Å². The van der Waals surface area contributed by atoms with Gasteiger partial charge in [-0.15, -0.1) is 0 Å². The summed E-state index contributed by atoms with van der Waals surface area (Å²) in [5.74, 6) is 2.26. The van der Waals surface area contributed by atoms with Crippen molar-refractivity contribution in [3.63, 3.8) is 0 Å². The Morgan fingerprint density at radius 1 is 1.23 bits per heavy atom. The number of nitrogens with zero attached hydrogens (tertiary/aromatic N) is 6. The van der Waals surface area contributed by atoms with Gasteiger partial charge in [0, 0.05) is 39.5 Å². The van der Waals surface area contributed by atoms with E-state index in [4.69, 9.17) is 9.72 Å². The molecule has 0 radical (unpaired) electrons. The van der Waals surface area contributed by atoms with Crippen LogP contribution in [0.5, 0.6) is 5.75 Å². The molecule has 2 N–H and O–H groups in total. The van der Waals surface area contributed by atoms with E-state index >= 15 is 0 Å². The Bertz CT molecular complexity index is 1280. The molecule has 182 valence electrons. The lowest BCUT2D eigenvalue weighted by molar-refractivity contribution is -0.384. The molecule has 0 bridgehead atoms. The number of nitro benzene ring substituents is 1. The Morgan fingerprint density at radius 3 is 2.69 bits per heavy atom. The lowest BCUT2D eigenvalue weighted by Gasteiger charge is -2.26. The van der Waals surface area contributed by atoms with Crippen LogP contribution < -0.4 is 25.3 Å². The molecule has 0 unspecified atom stereocenters. The van der Waals surface area contributed by atoms with Gasteiger partial charge in [-0.1, -0.05) is 19.1 Å². The third-order valence-corrected chi connectivity index (χ3v) is 5.60. The largest absolute Gasteiger partial charge is 0.494 e. The van der Waals surface area contributed by atoms with Crippen LogP contribution in [0.2, 0.25) is 0 Å². The van der Waals surface area contributed by atoms with Gasteiger partial charge < -0.3 is 20.4 Å². The van der Waals surface area contributed by atoms with Crippen molar-refractivity contribution in [2.24, 2.45) is 0 Å². The minimum absolute atomic E-state index is 0.0773. The quantitative estimate of drug-likeness (QED) is 0.345. The zero-order chi connectivity index (χ0) is 25.1. The average molecular weight is 477 g/mol. The second kappa shape index (κ2) is 9.85. The predicted molar refractivity (Wildman–Crippen MR) is 138 cm³/mol. The number of nitrogens with one attached hydrogen (secondary N) is 2. The van der Waals surface area contributed by atoms with Crippen LogP contribution in [-0.4, -0.2) is 48.2 Å². The zero-order valence-corrected chi connectivity index (χ0v) is 20.3. The molecule has 35 heavy (non-hydrogen) atoms. The number of hydrazine groups is 1. The topological polar surface area (TPSA) is 112 Å². The molecule has 0 atom stereocenters. The lowest BCUT2D eigenvalue weighted by Crippen LogP contribution is -2.33. The van der Waals surface area contributed by atoms with Gasteiger partial charge in [0.15, 0.2) is 0 Å². The highest BCUT2D eigenvalue weighted by atomic mass is 16.6. The number of hydrogen-bond acceptors (Lipinski definition) is 10. The Kier molecular flexibility index (Phi) is 6.69. The fraction of sp³-hybridized carbons (Fsp3) is 0.250. The molecule has 2 aromatic carbocycles. The molecular formula is C24H28N8O3. The predicted octanol–water partition coefficient (Wildman–Crippen LogP) is 4.86. The fourth-order valence-corrected chi connectivity index (χ4v) is 3.78. The van der Waals surface area contributed by atoms with Gasteiger partial charge in [-0.2, -0.15) is 4.98 Å². The smallest absolute Gasteiger partial charge is 0.296 e. The molecule has 3 aromatic rings. The number of anilines is 6. The minimum Gasteiger partial charge on any atom is -0.494 e. The fourth-order valence-electron chi connectivity index (χ4n) is 3.78. The second-order valence-corrected chi connectivity index (χ2v) is 8.01. The minimum atomic E-state index is -0.425. The summed E-state index contributed by atoms with van der Waals surface area (Å²) in [6.45, 7) is 2.07. The van der Waals surface area contributed by atoms with Crippen LogP contribution in [0.3, 0.4) is 0 Å². The number of nitro groups is 1. The third kappa shape index (κ3) is 4.66. The second-order valence-electron chi connectivity index (χ2n) is 8.01. The van der Waals surface area contributed by atoms with Crippen LogP contribution in [-0.2, 0) is 0 Å². The van der Waals surface area contributed by atoms with Gasteiger partial charge in [0.2, 0.25) is 5.95 Å². The first-order valence-electron chi connectivity index (χ1n) is 11.1. The van der Waals surface area contributed by atoms with Crippen molar-refractivity contribution in [1.82, 2.24) is 15.0 Å². The number of allylic oxidation sites excluding steroid dienone is 1. The summed E-state index contributed by atoms with van der Waals surface area (Å²) in [5, 5.41) is 21.8. The number of rotatable bonds is 8. The van der Waals surface area contributed by atoms with Crippen LogP contribution in [0.25, 0.3) is 0 Å². The number of fused-ring (bicyclic) bond motifs is 1. The first-order chi connectivity index (χ1) is 16.8. The lowest BCUT2D eigenvalue weighted by atomic mass is 10.2. The SMILES string of the molecule is CC/C=C1/Nc2ccccc2N1c1ccnc(Nc2cc([N+](=O)[O-])c(N(C)N(C)C)cc2OC)n1. The van der Waals surface area contributed by atoms with Crippen molar-refractivity contribution in [3.05, 3.63) is 70.7 Å². The van der Waals surface area contributed by atoms with E-state index in [-0.39, 0.29) is 11.6 Å². The summed E-state index contributed by atoms with van der Waals surface area (Å²) in [6, 6.07) is 12.8. The van der Waals surface area contributed by atoms with Crippen LogP contribution in [0.1, 0.15) is 13.3 Å². The van der Waals surface area contributed by atoms with Gasteiger partial charge in [0.1, 0.15) is 23.1 Å². The van der Waals surface area contributed by atoms with E-state index < -0.39 is 4.92 Å². The van der Waals surface area contributed by atoms with Crippen LogP contribution >= 0.6 is 0 Å². The molecule has 4 rings (SSSR count). The molecule has 1 aliphatic heterocycles. The average Bonchev–Trinajstić information content (AvgIpc) is 3.21. The monoisotopic (exact) mass is 476 g/mol. The molecule has 1 aliphatic rings. The highest BCUT2D eigenvalue weighted by molar-refractivity contribution is 5.86. The van der Waals surface area contributed by atoms with Crippen molar-refractivity contribution < 1.29 is 9.66 Å². The van der Waals surface area contributed by atoms with Crippen LogP contribution in [0.4, 0.5) is 40.2 Å². The van der Waals surface area contributed by atoms with Gasteiger partial charge >= 0.3 is 0 Å². The first-order valence-corrected chi connectivity index (χ1v) is 11.1. The molecule has 2 heterocycles. The van der Waals surface area contributed by atoms with Gasteiger partial charge in [0.25, 0.3) is 5.69 Å². The molecule has 0 saturated carbocycles. The van der Waals surface area contributed by atoms with E-state index in [1.165, 1.54) is 13.2 Å². The molecule has 0 amide bonds. The van der Waals surface area contributed by atoms with E-state index in [1.807, 2.05) is 35.2 Å². The van der Waals surface area contributed by atoms with Crippen molar-refractivity contribution in [3.8, 4) is 5.75 Å². The first kappa shape index (κ1) is 23.8. The molecule has 11 heteroatoms. The summed E-state index contributed by atoms with van der Waals surface area (Å²) in [4.78, 5) is 22.5. The molecule has 0 aliphatic carbocycles. The zero-order valence-electron chi connectivity index (χ0n) is 20.3. The van der Waals surface area contributed by atoms with Gasteiger partial charge in [-0.3, -0.25) is 15.0 Å². The highest BCUT2D eigenvalue weighted by Crippen LogP contribution is 2.42. The maximum atomic E-state index is 11.8. The normalized spacial score (nSPS) is 13.5. The third-order valence-electron chi connectivity index (χ3n) is 5.60. The number of methoxy groups -OCH3 is 1. The standard InChI is InChI=1S/C24H28N8O3/c1-6-9-22-26-16-10-7-8-11-18(16)31(22)23-12-13-25-24(28-23)27-17-14-20(32(33)34)19(15-21(17)35-5)30(4)29(2)3/h7-15,26H,6H2,1-5H3,(H,25,27,28)/b22-9-. The Hall–Kier alpha value is -4.38. The summed E-state index contributed by atoms with van der Waals surface area (Å²) in [7, 11) is 6.85. The van der Waals surface area contributed by atoms with Gasteiger partial charge in [-0.05, 0) is 30.7 Å².